The zero-order chi connectivity index (χ0) is 10.1. The Morgan fingerprint density at radius 2 is 2.00 bits per heavy atom. The highest BCUT2D eigenvalue weighted by molar-refractivity contribution is 5.79. The summed E-state index contributed by atoms with van der Waals surface area (Å²) in [5, 5.41) is 3.18. The minimum absolute atomic E-state index is 0.683. The van der Waals surface area contributed by atoms with Crippen molar-refractivity contribution in [1.29, 1.82) is 0 Å². The molecule has 0 spiro atoms. The molecule has 0 aliphatic carbocycles. The Morgan fingerprint density at radius 3 is 2.71 bits per heavy atom. The number of aliphatic imine (C=N–C) groups is 1. The van der Waals surface area contributed by atoms with E-state index in [0.29, 0.717) is 6.54 Å². The van der Waals surface area contributed by atoms with Crippen LogP contribution in [0.2, 0.25) is 0 Å². The zero-order valence-electron chi connectivity index (χ0n) is 8.32. The molecule has 3 nitrogen and oxygen atoms in total. The Morgan fingerprint density at radius 1 is 1.21 bits per heavy atom. The summed E-state index contributed by atoms with van der Waals surface area (Å²) >= 11 is 0. The van der Waals surface area contributed by atoms with Crippen molar-refractivity contribution < 1.29 is 0 Å². The summed E-state index contributed by atoms with van der Waals surface area (Å²) in [6.07, 6.45) is 1.89. The van der Waals surface area contributed by atoms with Gasteiger partial charge in [0.05, 0.1) is 6.54 Å². The first-order valence-corrected chi connectivity index (χ1v) is 4.89. The molecule has 0 unspecified atom stereocenters. The summed E-state index contributed by atoms with van der Waals surface area (Å²) in [5.74, 6) is 0. The number of rotatable bonds is 6. The molecule has 3 heteroatoms. The van der Waals surface area contributed by atoms with Gasteiger partial charge in [-0.05, 0) is 5.56 Å². The van der Waals surface area contributed by atoms with E-state index in [1.807, 2.05) is 36.5 Å². The van der Waals surface area contributed by atoms with Gasteiger partial charge in [0, 0.05) is 25.8 Å². The van der Waals surface area contributed by atoms with Gasteiger partial charge in [0.1, 0.15) is 0 Å². The van der Waals surface area contributed by atoms with Gasteiger partial charge in [0.2, 0.25) is 0 Å². The van der Waals surface area contributed by atoms with Crippen molar-refractivity contribution in [2.45, 2.75) is 0 Å². The summed E-state index contributed by atoms with van der Waals surface area (Å²) in [6, 6.07) is 10.1. The number of hydrogen-bond acceptors (Lipinski definition) is 3. The minimum Gasteiger partial charge on any atom is -0.329 e. The lowest BCUT2D eigenvalue weighted by Gasteiger charge is -1.98. The van der Waals surface area contributed by atoms with Crippen molar-refractivity contribution in [1.82, 2.24) is 5.32 Å². The van der Waals surface area contributed by atoms with Crippen LogP contribution in [0.1, 0.15) is 5.56 Å². The van der Waals surface area contributed by atoms with Crippen LogP contribution < -0.4 is 11.1 Å². The molecule has 0 aromatic heterocycles. The highest BCUT2D eigenvalue weighted by atomic mass is 14.9. The summed E-state index contributed by atoms with van der Waals surface area (Å²) < 4.78 is 0. The van der Waals surface area contributed by atoms with Crippen molar-refractivity contribution in [3.05, 3.63) is 35.9 Å². The molecule has 0 aliphatic heterocycles. The van der Waals surface area contributed by atoms with E-state index in [1.165, 1.54) is 0 Å². The van der Waals surface area contributed by atoms with Gasteiger partial charge in [0.15, 0.2) is 0 Å². The molecule has 0 heterocycles. The van der Waals surface area contributed by atoms with E-state index in [2.05, 4.69) is 10.3 Å². The van der Waals surface area contributed by atoms with Crippen LogP contribution >= 0.6 is 0 Å². The fraction of sp³-hybridized carbons (Fsp3) is 0.364. The molecule has 1 rings (SSSR count). The van der Waals surface area contributed by atoms with Gasteiger partial charge < -0.3 is 11.1 Å². The molecule has 0 amide bonds. The van der Waals surface area contributed by atoms with Gasteiger partial charge >= 0.3 is 0 Å². The predicted molar refractivity (Wildman–Crippen MR) is 60.8 cm³/mol. The second-order valence-electron chi connectivity index (χ2n) is 2.98. The number of nitrogens with two attached hydrogens (primary N) is 1. The monoisotopic (exact) mass is 191 g/mol. The molecule has 0 radical (unpaired) electrons. The Bertz CT molecular complexity index is 256. The topological polar surface area (TPSA) is 50.4 Å². The maximum Gasteiger partial charge on any atom is 0.0514 e. The van der Waals surface area contributed by atoms with Crippen molar-refractivity contribution in [3.8, 4) is 0 Å². The Balaban J connectivity index is 2.15. The van der Waals surface area contributed by atoms with E-state index in [4.69, 9.17) is 5.73 Å². The highest BCUT2D eigenvalue weighted by Gasteiger charge is 1.84. The van der Waals surface area contributed by atoms with Crippen molar-refractivity contribution in [2.24, 2.45) is 10.7 Å². The van der Waals surface area contributed by atoms with Gasteiger partial charge in [-0.15, -0.1) is 0 Å². The summed E-state index contributed by atoms with van der Waals surface area (Å²) in [4.78, 5) is 4.29. The molecular formula is C11H17N3. The average Bonchev–Trinajstić information content (AvgIpc) is 2.25. The average molecular weight is 191 g/mol. The standard InChI is InChI=1S/C11H17N3/c12-6-7-13-8-9-14-10-11-4-2-1-3-5-11/h1-5,10,13H,6-9,12H2. The molecular weight excluding hydrogens is 174 g/mol. The number of nitrogens with zero attached hydrogens (tertiary/aromatic N) is 1. The molecule has 14 heavy (non-hydrogen) atoms. The zero-order valence-corrected chi connectivity index (χ0v) is 8.32. The lowest BCUT2D eigenvalue weighted by Crippen LogP contribution is -2.24. The molecule has 0 atom stereocenters. The van der Waals surface area contributed by atoms with E-state index >= 15 is 0 Å². The first kappa shape index (κ1) is 10.9. The minimum atomic E-state index is 0.683. The van der Waals surface area contributed by atoms with Crippen LogP contribution in [0.3, 0.4) is 0 Å². The van der Waals surface area contributed by atoms with Gasteiger partial charge in [-0.25, -0.2) is 0 Å². The van der Waals surface area contributed by atoms with Gasteiger partial charge in [-0.2, -0.15) is 0 Å². The first-order chi connectivity index (χ1) is 6.93. The van der Waals surface area contributed by atoms with Crippen molar-refractivity contribution in [2.75, 3.05) is 26.2 Å². The quantitative estimate of drug-likeness (QED) is 0.512. The number of nitrogens with one attached hydrogen (secondary N) is 1. The van der Waals surface area contributed by atoms with E-state index in [0.717, 1.165) is 25.2 Å². The van der Waals surface area contributed by atoms with Crippen LogP contribution in [0, 0.1) is 0 Å². The summed E-state index contributed by atoms with van der Waals surface area (Å²) in [5.41, 5.74) is 6.48. The Kier molecular flexibility index (Phi) is 5.63. The van der Waals surface area contributed by atoms with Gasteiger partial charge in [0.25, 0.3) is 0 Å². The van der Waals surface area contributed by atoms with Gasteiger partial charge in [-0.1, -0.05) is 30.3 Å². The maximum atomic E-state index is 5.33. The fourth-order valence-corrected chi connectivity index (χ4v) is 1.08. The third-order valence-electron chi connectivity index (χ3n) is 1.78. The fourth-order valence-electron chi connectivity index (χ4n) is 1.08. The predicted octanol–water partition coefficient (Wildman–Crippen LogP) is 0.654. The van der Waals surface area contributed by atoms with Crippen LogP contribution in [0.15, 0.2) is 35.3 Å². The van der Waals surface area contributed by atoms with Gasteiger partial charge in [-0.3, -0.25) is 4.99 Å². The second kappa shape index (κ2) is 7.24. The summed E-state index contributed by atoms with van der Waals surface area (Å²) in [6.45, 7) is 3.23. The molecule has 1 aromatic rings. The Labute approximate surface area is 85.0 Å². The molecule has 0 saturated carbocycles. The number of hydrogen-bond donors (Lipinski definition) is 2. The first-order valence-electron chi connectivity index (χ1n) is 4.89. The second-order valence-corrected chi connectivity index (χ2v) is 2.98. The van der Waals surface area contributed by atoms with Crippen LogP contribution in [0.25, 0.3) is 0 Å². The molecule has 0 aliphatic rings. The largest absolute Gasteiger partial charge is 0.329 e. The van der Waals surface area contributed by atoms with Crippen molar-refractivity contribution in [3.63, 3.8) is 0 Å². The molecule has 0 bridgehead atoms. The third kappa shape index (κ3) is 4.74. The van der Waals surface area contributed by atoms with E-state index in [1.54, 1.807) is 0 Å². The normalized spacial score (nSPS) is 10.9. The van der Waals surface area contributed by atoms with Crippen molar-refractivity contribution >= 4 is 6.21 Å². The molecule has 3 N–H and O–H groups in total. The highest BCUT2D eigenvalue weighted by Crippen LogP contribution is 1.93. The van der Waals surface area contributed by atoms with E-state index in [9.17, 15) is 0 Å². The molecule has 0 fully saturated rings. The maximum absolute atomic E-state index is 5.33. The molecule has 76 valence electrons. The van der Waals surface area contributed by atoms with E-state index < -0.39 is 0 Å². The van der Waals surface area contributed by atoms with Crippen LogP contribution in [-0.2, 0) is 0 Å². The smallest absolute Gasteiger partial charge is 0.0514 e. The molecule has 0 saturated heterocycles. The van der Waals surface area contributed by atoms with Crippen LogP contribution in [0.4, 0.5) is 0 Å². The lowest BCUT2D eigenvalue weighted by atomic mass is 10.2. The van der Waals surface area contributed by atoms with Crippen LogP contribution in [0.5, 0.6) is 0 Å². The molecule has 1 aromatic carbocycles. The number of benzene rings is 1. The summed E-state index contributed by atoms with van der Waals surface area (Å²) in [7, 11) is 0. The van der Waals surface area contributed by atoms with E-state index in [-0.39, 0.29) is 0 Å². The SMILES string of the molecule is NCCNCCN=Cc1ccccc1. The third-order valence-corrected chi connectivity index (χ3v) is 1.78. The van der Waals surface area contributed by atoms with Crippen LogP contribution in [-0.4, -0.2) is 32.4 Å². The Hall–Kier alpha value is -1.19. The lowest BCUT2D eigenvalue weighted by molar-refractivity contribution is 0.697.